The van der Waals surface area contributed by atoms with Crippen LogP contribution in [0.25, 0.3) is 0 Å². The van der Waals surface area contributed by atoms with Gasteiger partial charge in [-0.2, -0.15) is 0 Å². The third-order valence-electron chi connectivity index (χ3n) is 2.37. The van der Waals surface area contributed by atoms with E-state index in [1.54, 1.807) is 36.4 Å². The van der Waals surface area contributed by atoms with Crippen molar-refractivity contribution in [2.45, 2.75) is 0 Å². The Hall–Kier alpha value is -0.960. The van der Waals surface area contributed by atoms with Gasteiger partial charge in [0.25, 0.3) is 0 Å². The summed E-state index contributed by atoms with van der Waals surface area (Å²) in [6.45, 7) is 0. The molecule has 0 saturated carbocycles. The van der Waals surface area contributed by atoms with Crippen LogP contribution < -0.4 is 0 Å². The van der Waals surface area contributed by atoms with E-state index in [9.17, 15) is 9.59 Å². The minimum Gasteiger partial charge on any atom is -0.386 e. The van der Waals surface area contributed by atoms with E-state index in [1.165, 1.54) is 0 Å². The van der Waals surface area contributed by atoms with Crippen molar-refractivity contribution in [2.75, 3.05) is 0 Å². The normalized spacial score (nSPS) is 10.0. The second-order valence-corrected chi connectivity index (χ2v) is 5.96. The molecule has 0 heterocycles. The minimum atomic E-state index is -0.630. The number of hydrogen-bond donors (Lipinski definition) is 0. The maximum Gasteiger partial charge on any atom is 0.347 e. The van der Waals surface area contributed by atoms with E-state index in [2.05, 4.69) is 0 Å². The van der Waals surface area contributed by atoms with Crippen molar-refractivity contribution in [1.29, 1.82) is 0 Å². The van der Waals surface area contributed by atoms with Crippen molar-refractivity contribution in [1.82, 2.24) is 0 Å². The number of carbonyl (C=O) groups excluding carboxylic acids is 2. The van der Waals surface area contributed by atoms with Crippen molar-refractivity contribution in [2.24, 2.45) is 0 Å². The van der Waals surface area contributed by atoms with Gasteiger partial charge < -0.3 is 4.74 Å². The van der Waals surface area contributed by atoms with Gasteiger partial charge in [-0.15, -0.1) is 0 Å². The van der Waals surface area contributed by atoms with Crippen LogP contribution in [-0.2, 0) is 4.74 Å². The van der Waals surface area contributed by atoms with Crippen LogP contribution in [0.1, 0.15) is 20.7 Å². The monoisotopic (exact) mass is 478 g/mol. The molecule has 0 amide bonds. The molecule has 5 heteroatoms. The van der Waals surface area contributed by atoms with Gasteiger partial charge >= 0.3 is 11.9 Å². The van der Waals surface area contributed by atoms with E-state index >= 15 is 0 Å². The Labute approximate surface area is 137 Å². The molecule has 0 saturated heterocycles. The second-order valence-electron chi connectivity index (χ2n) is 3.64. The Morgan fingerprint density at radius 1 is 0.737 bits per heavy atom. The number of benzene rings is 2. The zero-order valence-electron chi connectivity index (χ0n) is 9.60. The van der Waals surface area contributed by atoms with Gasteiger partial charge in [0.15, 0.2) is 0 Å². The highest BCUT2D eigenvalue weighted by Crippen LogP contribution is 2.16. The van der Waals surface area contributed by atoms with Crippen LogP contribution in [0.4, 0.5) is 0 Å². The van der Waals surface area contributed by atoms with E-state index in [4.69, 9.17) is 4.74 Å². The number of hydrogen-bond acceptors (Lipinski definition) is 3. The maximum atomic E-state index is 11.9. The largest absolute Gasteiger partial charge is 0.386 e. The summed E-state index contributed by atoms with van der Waals surface area (Å²) < 4.78 is 6.40. The lowest BCUT2D eigenvalue weighted by molar-refractivity contribution is 0.0396. The standard InChI is InChI=1S/C14H8I2O3/c15-11-7-3-1-5-9(11)13(17)19-14(18)10-6-2-4-8-12(10)16/h1-8H. The zero-order chi connectivity index (χ0) is 13.8. The third kappa shape index (κ3) is 3.53. The van der Waals surface area contributed by atoms with Gasteiger partial charge in [-0.05, 0) is 69.4 Å². The van der Waals surface area contributed by atoms with Gasteiger partial charge in [-0.3, -0.25) is 0 Å². The second kappa shape index (κ2) is 6.47. The van der Waals surface area contributed by atoms with Crippen molar-refractivity contribution < 1.29 is 14.3 Å². The lowest BCUT2D eigenvalue weighted by Crippen LogP contribution is -2.14. The Kier molecular flexibility index (Phi) is 4.92. The van der Waals surface area contributed by atoms with E-state index in [0.717, 1.165) is 7.14 Å². The molecule has 2 aromatic carbocycles. The van der Waals surface area contributed by atoms with E-state index in [-0.39, 0.29) is 0 Å². The van der Waals surface area contributed by atoms with Crippen LogP contribution >= 0.6 is 45.2 Å². The first kappa shape index (κ1) is 14.4. The minimum absolute atomic E-state index is 0.391. The first-order valence-corrected chi connectivity index (χ1v) is 7.51. The Bertz CT molecular complexity index is 583. The zero-order valence-corrected chi connectivity index (χ0v) is 13.9. The molecule has 0 aromatic heterocycles. The summed E-state index contributed by atoms with van der Waals surface area (Å²) in [6.07, 6.45) is 0. The molecule has 0 aliphatic rings. The Morgan fingerprint density at radius 2 is 1.11 bits per heavy atom. The number of ether oxygens (including phenoxy) is 1. The van der Waals surface area contributed by atoms with E-state index < -0.39 is 11.9 Å². The lowest BCUT2D eigenvalue weighted by atomic mass is 10.2. The molecule has 0 spiro atoms. The van der Waals surface area contributed by atoms with Gasteiger partial charge in [0.2, 0.25) is 0 Å². The number of carbonyl (C=O) groups is 2. The molecule has 19 heavy (non-hydrogen) atoms. The van der Waals surface area contributed by atoms with E-state index in [1.807, 2.05) is 57.3 Å². The lowest BCUT2D eigenvalue weighted by Gasteiger charge is -2.05. The summed E-state index contributed by atoms with van der Waals surface area (Å²) in [5.41, 5.74) is 0.782. The maximum absolute atomic E-state index is 11.9. The highest BCUT2D eigenvalue weighted by atomic mass is 127. The molecule has 0 atom stereocenters. The predicted molar refractivity (Wildman–Crippen MR) is 88.1 cm³/mol. The fourth-order valence-electron chi connectivity index (χ4n) is 1.45. The summed E-state index contributed by atoms with van der Waals surface area (Å²) in [5.74, 6) is -1.26. The van der Waals surface area contributed by atoms with Crippen LogP contribution in [0.5, 0.6) is 0 Å². The molecule has 0 radical (unpaired) electrons. The van der Waals surface area contributed by atoms with Crippen molar-refractivity contribution in [3.8, 4) is 0 Å². The highest BCUT2D eigenvalue weighted by Gasteiger charge is 2.18. The molecule has 0 fully saturated rings. The average Bonchev–Trinajstić information content (AvgIpc) is 2.39. The van der Waals surface area contributed by atoms with Crippen LogP contribution in [0.2, 0.25) is 0 Å². The molecule has 96 valence electrons. The predicted octanol–water partition coefficient (Wildman–Crippen LogP) is 3.89. The molecule has 3 nitrogen and oxygen atoms in total. The average molecular weight is 478 g/mol. The van der Waals surface area contributed by atoms with Gasteiger partial charge in [0.1, 0.15) is 0 Å². The number of rotatable bonds is 2. The first-order valence-electron chi connectivity index (χ1n) is 5.35. The van der Waals surface area contributed by atoms with Crippen LogP contribution in [-0.4, -0.2) is 11.9 Å². The molecule has 0 aliphatic carbocycles. The fourth-order valence-corrected chi connectivity index (χ4v) is 2.66. The Morgan fingerprint density at radius 3 is 1.47 bits per heavy atom. The Balaban J connectivity index is 2.19. The SMILES string of the molecule is O=C(OC(=O)c1ccccc1I)c1ccccc1I. The molecule has 0 unspecified atom stereocenters. The van der Waals surface area contributed by atoms with Crippen LogP contribution in [0, 0.1) is 7.14 Å². The fraction of sp³-hybridized carbons (Fsp3) is 0. The van der Waals surface area contributed by atoms with Crippen LogP contribution in [0.15, 0.2) is 48.5 Å². The molecular weight excluding hydrogens is 470 g/mol. The van der Waals surface area contributed by atoms with Crippen molar-refractivity contribution >= 4 is 57.1 Å². The molecule has 0 N–H and O–H groups in total. The smallest absolute Gasteiger partial charge is 0.347 e. The summed E-state index contributed by atoms with van der Waals surface area (Å²) in [5, 5.41) is 0. The van der Waals surface area contributed by atoms with Gasteiger partial charge in [0.05, 0.1) is 11.1 Å². The van der Waals surface area contributed by atoms with Crippen molar-refractivity contribution in [3.63, 3.8) is 0 Å². The summed E-state index contributed by atoms with van der Waals surface area (Å²) in [4.78, 5) is 23.8. The topological polar surface area (TPSA) is 43.4 Å². The molecular formula is C14H8I2O3. The molecule has 2 aromatic rings. The summed E-state index contributed by atoms with van der Waals surface area (Å²) >= 11 is 4.06. The van der Waals surface area contributed by atoms with Gasteiger partial charge in [0, 0.05) is 7.14 Å². The van der Waals surface area contributed by atoms with Crippen molar-refractivity contribution in [3.05, 3.63) is 66.8 Å². The third-order valence-corrected chi connectivity index (χ3v) is 4.25. The molecule has 0 bridgehead atoms. The first-order chi connectivity index (χ1) is 9.09. The van der Waals surface area contributed by atoms with Crippen LogP contribution in [0.3, 0.4) is 0 Å². The number of halogens is 2. The summed E-state index contributed by atoms with van der Waals surface area (Å²) in [6, 6.07) is 13.9. The van der Waals surface area contributed by atoms with E-state index in [0.29, 0.717) is 11.1 Å². The molecule has 2 rings (SSSR count). The van der Waals surface area contributed by atoms with Gasteiger partial charge in [-0.25, -0.2) is 9.59 Å². The summed E-state index contributed by atoms with van der Waals surface area (Å²) in [7, 11) is 0. The molecule has 0 aliphatic heterocycles. The van der Waals surface area contributed by atoms with Gasteiger partial charge in [-0.1, -0.05) is 24.3 Å². The number of esters is 2. The quantitative estimate of drug-likeness (QED) is 0.374. The highest BCUT2D eigenvalue weighted by molar-refractivity contribution is 14.1.